The number of aryl methyl sites for hydroxylation is 1. The van der Waals surface area contributed by atoms with E-state index in [9.17, 15) is 0 Å². The first-order valence-electron chi connectivity index (χ1n) is 17.3. The molecule has 0 atom stereocenters. The van der Waals surface area contributed by atoms with Crippen molar-refractivity contribution in [3.05, 3.63) is 151 Å². The fraction of sp³-hybridized carbons (Fsp3) is 0.0444. The largest absolute Gasteiger partial charge is 0.309 e. The van der Waals surface area contributed by atoms with Crippen LogP contribution < -0.4 is 0 Å². The summed E-state index contributed by atoms with van der Waals surface area (Å²) in [6, 6.07) is 47.7. The van der Waals surface area contributed by atoms with E-state index in [1.807, 2.05) is 22.7 Å². The average molecular weight is 689 g/mol. The molecule has 0 saturated carbocycles. The number of allylic oxidation sites excluding steroid dienone is 1. The van der Waals surface area contributed by atoms with Crippen LogP contribution >= 0.6 is 22.7 Å². The van der Waals surface area contributed by atoms with Crippen LogP contribution in [0.3, 0.4) is 0 Å². The highest BCUT2D eigenvalue weighted by Crippen LogP contribution is 2.42. The van der Waals surface area contributed by atoms with Gasteiger partial charge in [-0.2, -0.15) is 0 Å². The Labute approximate surface area is 301 Å². The van der Waals surface area contributed by atoms with Crippen LogP contribution in [0.1, 0.15) is 17.7 Å². The summed E-state index contributed by atoms with van der Waals surface area (Å²) in [6.07, 6.45) is 6.65. The van der Waals surface area contributed by atoms with Crippen LogP contribution in [-0.2, 0) is 6.42 Å². The molecule has 1 aliphatic carbocycles. The summed E-state index contributed by atoms with van der Waals surface area (Å²) in [5.41, 5.74) is 7.84. The van der Waals surface area contributed by atoms with E-state index in [0.29, 0.717) is 17.5 Å². The van der Waals surface area contributed by atoms with Crippen molar-refractivity contribution in [1.82, 2.24) is 19.5 Å². The van der Waals surface area contributed by atoms with Crippen molar-refractivity contribution >= 4 is 80.0 Å². The van der Waals surface area contributed by atoms with Crippen molar-refractivity contribution in [2.24, 2.45) is 0 Å². The molecule has 0 saturated heterocycles. The fourth-order valence-electron chi connectivity index (χ4n) is 7.88. The minimum atomic E-state index is 0.656. The summed E-state index contributed by atoms with van der Waals surface area (Å²) >= 11 is 3.63. The lowest BCUT2D eigenvalue weighted by atomic mass is 10.0. The van der Waals surface area contributed by atoms with Gasteiger partial charge in [0.25, 0.3) is 0 Å². The molecule has 0 aliphatic heterocycles. The molecule has 0 fully saturated rings. The normalized spacial score (nSPS) is 12.9. The maximum atomic E-state index is 5.35. The molecule has 51 heavy (non-hydrogen) atoms. The third-order valence-corrected chi connectivity index (χ3v) is 12.4. The molecule has 0 radical (unpaired) electrons. The summed E-state index contributed by atoms with van der Waals surface area (Å²) in [5, 5.41) is 6.19. The molecule has 0 spiro atoms. The third-order valence-electron chi connectivity index (χ3n) is 10.2. The first-order chi connectivity index (χ1) is 25.3. The lowest BCUT2D eigenvalue weighted by Gasteiger charge is -2.16. The third kappa shape index (κ3) is 4.47. The van der Waals surface area contributed by atoms with E-state index in [-0.39, 0.29) is 0 Å². The summed E-state index contributed by atoms with van der Waals surface area (Å²) < 4.78 is 7.41. The van der Waals surface area contributed by atoms with Gasteiger partial charge in [-0.05, 0) is 79.1 Å². The molecule has 0 amide bonds. The summed E-state index contributed by atoms with van der Waals surface area (Å²) in [7, 11) is 0. The van der Waals surface area contributed by atoms with Crippen molar-refractivity contribution in [2.45, 2.75) is 12.8 Å². The Morgan fingerprint density at radius 1 is 0.510 bits per heavy atom. The quantitative estimate of drug-likeness (QED) is 0.185. The Bertz CT molecular complexity index is 3050. The van der Waals surface area contributed by atoms with Crippen molar-refractivity contribution in [1.29, 1.82) is 0 Å². The second-order valence-corrected chi connectivity index (χ2v) is 15.2. The topological polar surface area (TPSA) is 43.6 Å². The number of fused-ring (bicyclic) bond motifs is 9. The van der Waals surface area contributed by atoms with Crippen LogP contribution in [0.15, 0.2) is 140 Å². The first kappa shape index (κ1) is 28.8. The minimum absolute atomic E-state index is 0.656. The molecule has 6 heteroatoms. The number of aromatic nitrogens is 4. The predicted molar refractivity (Wildman–Crippen MR) is 216 cm³/mol. The van der Waals surface area contributed by atoms with Crippen molar-refractivity contribution in [3.63, 3.8) is 0 Å². The molecule has 4 heterocycles. The zero-order chi connectivity index (χ0) is 33.5. The van der Waals surface area contributed by atoms with E-state index >= 15 is 0 Å². The van der Waals surface area contributed by atoms with Crippen molar-refractivity contribution < 1.29 is 0 Å². The van der Waals surface area contributed by atoms with E-state index < -0.39 is 0 Å². The van der Waals surface area contributed by atoms with Gasteiger partial charge in [0.15, 0.2) is 17.5 Å². The van der Waals surface area contributed by atoms with Gasteiger partial charge < -0.3 is 4.57 Å². The van der Waals surface area contributed by atoms with Crippen LogP contribution in [0.2, 0.25) is 0 Å². The van der Waals surface area contributed by atoms with E-state index in [1.165, 1.54) is 62.5 Å². The Balaban J connectivity index is 1.20. The predicted octanol–water partition coefficient (Wildman–Crippen LogP) is 12.5. The van der Waals surface area contributed by atoms with E-state index in [1.54, 1.807) is 0 Å². The van der Waals surface area contributed by atoms with Crippen molar-refractivity contribution in [2.75, 3.05) is 0 Å². The van der Waals surface area contributed by atoms with Crippen LogP contribution in [0.5, 0.6) is 0 Å². The smallest absolute Gasteiger partial charge is 0.166 e. The minimum Gasteiger partial charge on any atom is -0.309 e. The van der Waals surface area contributed by atoms with Gasteiger partial charge in [0.1, 0.15) is 0 Å². The maximum Gasteiger partial charge on any atom is 0.166 e. The van der Waals surface area contributed by atoms with E-state index in [2.05, 4.69) is 150 Å². The number of benzene rings is 6. The Kier molecular flexibility index (Phi) is 6.38. The molecule has 0 bridgehead atoms. The van der Waals surface area contributed by atoms with Gasteiger partial charge >= 0.3 is 0 Å². The highest BCUT2D eigenvalue weighted by Gasteiger charge is 2.23. The lowest BCUT2D eigenvalue weighted by molar-refractivity contribution is 0.966. The zero-order valence-corrected chi connectivity index (χ0v) is 29.0. The van der Waals surface area contributed by atoms with E-state index in [0.717, 1.165) is 35.2 Å². The molecule has 0 N–H and O–H groups in total. The lowest BCUT2D eigenvalue weighted by Crippen LogP contribution is -2.05. The number of nitrogens with zero attached hydrogens (tertiary/aromatic N) is 4. The monoisotopic (exact) mass is 688 g/mol. The standard InChI is InChI=1S/C45H28N4S2/c1-6-18-35-28(12-1)29-13-2-7-19-36(29)49(35)37-20-8-3-15-31(37)44-46-43(27-24-25-40-34(26-27)30-14-4-9-21-38(30)50-40)47-45(48-44)33-17-11-23-41-42(33)32-16-5-10-22-39(32)51-41/h1,3-12,14-26H,2,13H2. The van der Waals surface area contributed by atoms with E-state index in [4.69, 9.17) is 15.0 Å². The molecule has 10 aromatic rings. The Hall–Kier alpha value is -5.95. The van der Waals surface area contributed by atoms with Gasteiger partial charge in [0.2, 0.25) is 0 Å². The van der Waals surface area contributed by atoms with Crippen LogP contribution in [-0.4, -0.2) is 19.5 Å². The first-order valence-corrected chi connectivity index (χ1v) is 18.9. The molecule has 11 rings (SSSR count). The molecule has 240 valence electrons. The van der Waals surface area contributed by atoms with Gasteiger partial charge in [0, 0.05) is 68.1 Å². The number of hydrogen-bond donors (Lipinski definition) is 0. The fourth-order valence-corrected chi connectivity index (χ4v) is 10.1. The van der Waals surface area contributed by atoms with Gasteiger partial charge in [-0.3, -0.25) is 0 Å². The van der Waals surface area contributed by atoms with Crippen LogP contribution in [0.25, 0.3) is 97.2 Å². The molecule has 4 nitrogen and oxygen atoms in total. The van der Waals surface area contributed by atoms with Gasteiger partial charge in [-0.25, -0.2) is 15.0 Å². The highest BCUT2D eigenvalue weighted by molar-refractivity contribution is 7.26. The van der Waals surface area contributed by atoms with Crippen LogP contribution in [0, 0.1) is 0 Å². The average Bonchev–Trinajstić information content (AvgIpc) is 3.87. The van der Waals surface area contributed by atoms with Gasteiger partial charge in [0.05, 0.1) is 11.2 Å². The van der Waals surface area contributed by atoms with Crippen LogP contribution in [0.4, 0.5) is 0 Å². The van der Waals surface area contributed by atoms with Crippen molar-refractivity contribution in [3.8, 4) is 39.9 Å². The zero-order valence-electron chi connectivity index (χ0n) is 27.4. The number of para-hydroxylation sites is 2. The second-order valence-electron chi connectivity index (χ2n) is 13.1. The second kappa shape index (κ2) is 11.3. The van der Waals surface area contributed by atoms with Gasteiger partial charge in [-0.15, -0.1) is 22.7 Å². The molecule has 0 unspecified atom stereocenters. The SMILES string of the molecule is C1=Cc2c(c3ccccc3n2-c2ccccc2-c2nc(-c3ccc4sc5ccccc5c4c3)nc(-c3cccc4sc5ccccc5c34)n2)CC1. The summed E-state index contributed by atoms with van der Waals surface area (Å²) in [5.74, 6) is 2.00. The maximum absolute atomic E-state index is 5.35. The molecule has 6 aromatic carbocycles. The number of rotatable bonds is 4. The highest BCUT2D eigenvalue weighted by atomic mass is 32.1. The molecule has 1 aliphatic rings. The molecule has 4 aromatic heterocycles. The summed E-state index contributed by atoms with van der Waals surface area (Å²) in [4.78, 5) is 16.0. The molecular weight excluding hydrogens is 661 g/mol. The Morgan fingerprint density at radius 2 is 1.16 bits per heavy atom. The van der Waals surface area contributed by atoms with Gasteiger partial charge in [-0.1, -0.05) is 84.9 Å². The number of hydrogen-bond acceptors (Lipinski definition) is 5. The Morgan fingerprint density at radius 3 is 2.06 bits per heavy atom. The molecular formula is C45H28N4S2. The summed E-state index contributed by atoms with van der Waals surface area (Å²) in [6.45, 7) is 0. The number of thiophene rings is 2.